The van der Waals surface area contributed by atoms with E-state index in [4.69, 9.17) is 21.8 Å². The van der Waals surface area contributed by atoms with Gasteiger partial charge in [0, 0.05) is 11.1 Å². The summed E-state index contributed by atoms with van der Waals surface area (Å²) in [6.07, 6.45) is 0. The molecule has 19 heavy (non-hydrogen) atoms. The molecule has 0 amide bonds. The molecule has 2 N–H and O–H groups in total. The van der Waals surface area contributed by atoms with Crippen LogP contribution in [0.15, 0.2) is 40.8 Å². The van der Waals surface area contributed by atoms with E-state index in [-0.39, 0.29) is 5.82 Å². The van der Waals surface area contributed by atoms with Gasteiger partial charge in [-0.1, -0.05) is 23.7 Å². The first-order chi connectivity index (χ1) is 9.06. The summed E-state index contributed by atoms with van der Waals surface area (Å²) in [5, 5.41) is 1.34. The maximum absolute atomic E-state index is 14.0. The summed E-state index contributed by atoms with van der Waals surface area (Å²) in [6.45, 7) is 1.76. The van der Waals surface area contributed by atoms with Crippen molar-refractivity contribution in [1.29, 1.82) is 0 Å². The molecule has 0 bridgehead atoms. The Balaban J connectivity index is 2.25. The van der Waals surface area contributed by atoms with Crippen molar-refractivity contribution in [2.45, 2.75) is 6.92 Å². The first-order valence-electron chi connectivity index (χ1n) is 5.80. The molecule has 96 valence electrons. The number of fused-ring (bicyclic) bond motifs is 1. The van der Waals surface area contributed by atoms with Crippen LogP contribution in [0.3, 0.4) is 0 Å². The molecule has 0 unspecified atom stereocenters. The van der Waals surface area contributed by atoms with Gasteiger partial charge < -0.3 is 10.2 Å². The Bertz CT molecular complexity index is 779. The summed E-state index contributed by atoms with van der Waals surface area (Å²) in [7, 11) is 0. The lowest BCUT2D eigenvalue weighted by Crippen LogP contribution is -1.93. The predicted molar refractivity (Wildman–Crippen MR) is 75.8 cm³/mol. The van der Waals surface area contributed by atoms with Crippen LogP contribution in [-0.2, 0) is 0 Å². The third kappa shape index (κ3) is 1.96. The molecule has 1 heterocycles. The number of benzene rings is 2. The van der Waals surface area contributed by atoms with E-state index in [0.29, 0.717) is 33.2 Å². The molecule has 3 rings (SSSR count). The Morgan fingerprint density at radius 3 is 2.74 bits per heavy atom. The van der Waals surface area contributed by atoms with Crippen molar-refractivity contribution in [1.82, 2.24) is 0 Å². The van der Waals surface area contributed by atoms with Crippen molar-refractivity contribution in [3.63, 3.8) is 0 Å². The van der Waals surface area contributed by atoms with Gasteiger partial charge in [0.2, 0.25) is 0 Å². The molecule has 0 saturated carbocycles. The van der Waals surface area contributed by atoms with Gasteiger partial charge in [0.25, 0.3) is 0 Å². The quantitative estimate of drug-likeness (QED) is 0.649. The Kier molecular flexibility index (Phi) is 2.72. The molecule has 0 atom stereocenters. The zero-order valence-corrected chi connectivity index (χ0v) is 11.0. The standard InChI is InChI=1S/C15H11ClFNO/c1-8-5-12(17)10(7-13(8)18)14-6-9-3-2-4-11(16)15(9)19-14/h2-7H,18H2,1H3. The van der Waals surface area contributed by atoms with Crippen LogP contribution in [0.4, 0.5) is 10.1 Å². The molecular formula is C15H11ClFNO. The minimum atomic E-state index is -0.359. The van der Waals surface area contributed by atoms with Crippen molar-refractivity contribution in [2.24, 2.45) is 0 Å². The molecule has 2 aromatic carbocycles. The number of rotatable bonds is 1. The molecule has 4 heteroatoms. The fourth-order valence-corrected chi connectivity index (χ4v) is 2.26. The molecule has 3 aromatic rings. The highest BCUT2D eigenvalue weighted by Crippen LogP contribution is 2.34. The van der Waals surface area contributed by atoms with Crippen molar-refractivity contribution in [3.8, 4) is 11.3 Å². The van der Waals surface area contributed by atoms with Crippen molar-refractivity contribution < 1.29 is 8.81 Å². The van der Waals surface area contributed by atoms with Gasteiger partial charge in [0.05, 0.1) is 10.6 Å². The minimum absolute atomic E-state index is 0.343. The van der Waals surface area contributed by atoms with Gasteiger partial charge in [0.15, 0.2) is 5.58 Å². The van der Waals surface area contributed by atoms with Gasteiger partial charge >= 0.3 is 0 Å². The lowest BCUT2D eigenvalue weighted by molar-refractivity contribution is 0.601. The van der Waals surface area contributed by atoms with Gasteiger partial charge in [-0.25, -0.2) is 4.39 Å². The number of furan rings is 1. The molecule has 0 aliphatic carbocycles. The second-order valence-corrected chi connectivity index (χ2v) is 4.86. The summed E-state index contributed by atoms with van der Waals surface area (Å²) in [5.41, 5.74) is 7.95. The Morgan fingerprint density at radius 1 is 1.21 bits per heavy atom. The van der Waals surface area contributed by atoms with Crippen LogP contribution in [0.5, 0.6) is 0 Å². The van der Waals surface area contributed by atoms with E-state index >= 15 is 0 Å². The first-order valence-corrected chi connectivity index (χ1v) is 6.18. The van der Waals surface area contributed by atoms with Crippen molar-refractivity contribution in [2.75, 3.05) is 5.73 Å². The summed E-state index contributed by atoms with van der Waals surface area (Å²) < 4.78 is 19.6. The Labute approximate surface area is 114 Å². The van der Waals surface area contributed by atoms with E-state index in [1.54, 1.807) is 25.1 Å². The molecule has 0 aliphatic heterocycles. The van der Waals surface area contributed by atoms with Crippen LogP contribution in [0.2, 0.25) is 5.02 Å². The number of hydrogen-bond acceptors (Lipinski definition) is 2. The average Bonchev–Trinajstić information content (AvgIpc) is 2.79. The van der Waals surface area contributed by atoms with Gasteiger partial charge in [-0.2, -0.15) is 0 Å². The van der Waals surface area contributed by atoms with Crippen LogP contribution in [0.25, 0.3) is 22.3 Å². The van der Waals surface area contributed by atoms with Crippen LogP contribution < -0.4 is 5.73 Å². The predicted octanol–water partition coefficient (Wildman–Crippen LogP) is 4.78. The zero-order chi connectivity index (χ0) is 13.6. The normalized spacial score (nSPS) is 11.1. The number of hydrogen-bond donors (Lipinski definition) is 1. The van der Waals surface area contributed by atoms with E-state index in [1.165, 1.54) is 6.07 Å². The molecule has 0 spiro atoms. The van der Waals surface area contributed by atoms with E-state index in [9.17, 15) is 4.39 Å². The fourth-order valence-electron chi connectivity index (χ4n) is 2.04. The summed E-state index contributed by atoms with van der Waals surface area (Å²) in [5.74, 6) is 0.0641. The smallest absolute Gasteiger partial charge is 0.153 e. The second kappa shape index (κ2) is 4.28. The number of anilines is 1. The maximum atomic E-state index is 14.0. The van der Waals surface area contributed by atoms with Gasteiger partial charge in [0.1, 0.15) is 11.6 Å². The highest BCUT2D eigenvalue weighted by Gasteiger charge is 2.13. The molecule has 0 saturated heterocycles. The fraction of sp³-hybridized carbons (Fsp3) is 0.0667. The highest BCUT2D eigenvalue weighted by atomic mass is 35.5. The number of nitrogen functional groups attached to an aromatic ring is 1. The lowest BCUT2D eigenvalue weighted by atomic mass is 10.1. The number of para-hydroxylation sites is 1. The van der Waals surface area contributed by atoms with Crippen molar-refractivity contribution in [3.05, 3.63) is 52.8 Å². The Morgan fingerprint density at radius 2 is 2.00 bits per heavy atom. The van der Waals surface area contributed by atoms with E-state index in [2.05, 4.69) is 0 Å². The molecular weight excluding hydrogens is 265 g/mol. The van der Waals surface area contributed by atoms with Crippen LogP contribution >= 0.6 is 11.6 Å². The van der Waals surface area contributed by atoms with Crippen LogP contribution in [0, 0.1) is 12.7 Å². The van der Waals surface area contributed by atoms with Crippen molar-refractivity contribution >= 4 is 28.3 Å². The van der Waals surface area contributed by atoms with Gasteiger partial charge in [-0.15, -0.1) is 0 Å². The highest BCUT2D eigenvalue weighted by molar-refractivity contribution is 6.34. The van der Waals surface area contributed by atoms with Crippen LogP contribution in [-0.4, -0.2) is 0 Å². The third-order valence-electron chi connectivity index (χ3n) is 3.12. The molecule has 0 radical (unpaired) electrons. The average molecular weight is 276 g/mol. The van der Waals surface area contributed by atoms with Gasteiger partial charge in [-0.05, 0) is 36.8 Å². The number of aryl methyl sites for hydroxylation is 1. The first kappa shape index (κ1) is 12.1. The zero-order valence-electron chi connectivity index (χ0n) is 10.2. The van der Waals surface area contributed by atoms with E-state index in [1.807, 2.05) is 12.1 Å². The summed E-state index contributed by atoms with van der Waals surface area (Å²) in [4.78, 5) is 0. The maximum Gasteiger partial charge on any atom is 0.153 e. The monoisotopic (exact) mass is 275 g/mol. The van der Waals surface area contributed by atoms with E-state index < -0.39 is 0 Å². The topological polar surface area (TPSA) is 39.2 Å². The number of nitrogens with two attached hydrogens (primary N) is 1. The molecule has 2 nitrogen and oxygen atoms in total. The minimum Gasteiger partial charge on any atom is -0.454 e. The summed E-state index contributed by atoms with van der Waals surface area (Å²) in [6, 6.07) is 10.2. The number of halogens is 2. The molecule has 0 aliphatic rings. The third-order valence-corrected chi connectivity index (χ3v) is 3.41. The van der Waals surface area contributed by atoms with Gasteiger partial charge in [-0.3, -0.25) is 0 Å². The largest absolute Gasteiger partial charge is 0.454 e. The molecule has 1 aromatic heterocycles. The second-order valence-electron chi connectivity index (χ2n) is 4.46. The Hall–Kier alpha value is -2.00. The summed E-state index contributed by atoms with van der Waals surface area (Å²) >= 11 is 6.04. The van der Waals surface area contributed by atoms with E-state index in [0.717, 1.165) is 5.39 Å². The van der Waals surface area contributed by atoms with Crippen LogP contribution in [0.1, 0.15) is 5.56 Å². The SMILES string of the molecule is Cc1cc(F)c(-c2cc3cccc(Cl)c3o2)cc1N. The molecule has 0 fully saturated rings. The lowest BCUT2D eigenvalue weighted by Gasteiger charge is -2.04.